The van der Waals surface area contributed by atoms with Crippen LogP contribution in [-0.4, -0.2) is 37.2 Å². The molecule has 6 heteroatoms. The predicted molar refractivity (Wildman–Crippen MR) is 275 cm³/mol. The fraction of sp³-hybridized carbons (Fsp3) is 0.810. The lowest BCUT2D eigenvalue weighted by molar-refractivity contribution is -0.167. The number of unbranched alkanes of at least 4 members (excludes halogenated alkanes) is 31. The van der Waals surface area contributed by atoms with Crippen LogP contribution in [0.5, 0.6) is 0 Å². The van der Waals surface area contributed by atoms with Crippen LogP contribution in [-0.2, 0) is 28.6 Å². The number of allylic oxidation sites excluding steroid dienone is 8. The second kappa shape index (κ2) is 53.0. The summed E-state index contributed by atoms with van der Waals surface area (Å²) in [7, 11) is 0. The molecule has 0 aliphatic rings. The van der Waals surface area contributed by atoms with Crippen molar-refractivity contribution in [2.24, 2.45) is 0 Å². The van der Waals surface area contributed by atoms with Gasteiger partial charge in [0, 0.05) is 19.3 Å². The number of ether oxygens (including phenoxy) is 3. The zero-order valence-electron chi connectivity index (χ0n) is 42.6. The molecule has 0 saturated heterocycles. The number of rotatable bonds is 50. The van der Waals surface area contributed by atoms with E-state index in [9.17, 15) is 14.4 Å². The van der Waals surface area contributed by atoms with Crippen molar-refractivity contribution in [3.63, 3.8) is 0 Å². The molecule has 0 aliphatic carbocycles. The Balaban J connectivity index is 4.35. The number of hydrogen-bond donors (Lipinski definition) is 0. The van der Waals surface area contributed by atoms with Crippen LogP contribution in [0.1, 0.15) is 284 Å². The molecule has 1 unspecified atom stereocenters. The Hall–Kier alpha value is -2.63. The molecule has 0 spiro atoms. The van der Waals surface area contributed by atoms with E-state index in [1.165, 1.54) is 154 Å². The largest absolute Gasteiger partial charge is 0.462 e. The normalized spacial score (nSPS) is 12.4. The van der Waals surface area contributed by atoms with Gasteiger partial charge in [0.2, 0.25) is 0 Å². The van der Waals surface area contributed by atoms with Gasteiger partial charge in [-0.2, -0.15) is 0 Å². The van der Waals surface area contributed by atoms with Crippen molar-refractivity contribution < 1.29 is 28.6 Å². The quantitative estimate of drug-likeness (QED) is 0.0262. The minimum atomic E-state index is -0.783. The Morgan fingerprint density at radius 1 is 0.328 bits per heavy atom. The number of hydrogen-bond acceptors (Lipinski definition) is 6. The van der Waals surface area contributed by atoms with Gasteiger partial charge in [0.05, 0.1) is 0 Å². The van der Waals surface area contributed by atoms with Crippen LogP contribution < -0.4 is 0 Å². The third-order valence-electron chi connectivity index (χ3n) is 12.0. The molecule has 0 radical (unpaired) electrons. The third-order valence-corrected chi connectivity index (χ3v) is 12.0. The summed E-state index contributed by atoms with van der Waals surface area (Å²) >= 11 is 0. The van der Waals surface area contributed by atoms with Crippen molar-refractivity contribution in [2.75, 3.05) is 13.2 Å². The number of carbonyl (C=O) groups is 3. The summed E-state index contributed by atoms with van der Waals surface area (Å²) in [6.45, 7) is 6.52. The van der Waals surface area contributed by atoms with Crippen LogP contribution in [0, 0.1) is 0 Å². The van der Waals surface area contributed by atoms with Gasteiger partial charge in [0.15, 0.2) is 6.10 Å². The highest BCUT2D eigenvalue weighted by Crippen LogP contribution is 2.15. The summed E-state index contributed by atoms with van der Waals surface area (Å²) in [5.41, 5.74) is 0. The Kier molecular flexibility index (Phi) is 50.8. The molecule has 0 aromatic rings. The second-order valence-electron chi connectivity index (χ2n) is 18.5. The first-order valence-corrected chi connectivity index (χ1v) is 27.6. The van der Waals surface area contributed by atoms with E-state index < -0.39 is 6.10 Å². The van der Waals surface area contributed by atoms with E-state index in [0.29, 0.717) is 19.3 Å². The molecule has 0 rings (SSSR count). The third kappa shape index (κ3) is 50.4. The SMILES string of the molecule is CC/C=C\C/C=C\CCCCCCCCCC(=O)OC(COC(=O)CCCCC/C=C\CCCCCCCC)COC(=O)CCCCCCCCC/C=C\CCCCCCCCCC. The Bertz CT molecular complexity index is 1120. The predicted octanol–water partition coefficient (Wildman–Crippen LogP) is 18.3. The molecule has 0 saturated carbocycles. The van der Waals surface area contributed by atoms with Crippen LogP contribution >= 0.6 is 0 Å². The van der Waals surface area contributed by atoms with E-state index in [1.807, 2.05) is 0 Å². The monoisotopic (exact) mass is 897 g/mol. The smallest absolute Gasteiger partial charge is 0.306 e. The fourth-order valence-electron chi connectivity index (χ4n) is 7.88. The molecule has 0 bridgehead atoms. The highest BCUT2D eigenvalue weighted by Gasteiger charge is 2.19. The summed E-state index contributed by atoms with van der Waals surface area (Å²) in [4.78, 5) is 38.0. The molecule has 6 nitrogen and oxygen atoms in total. The van der Waals surface area contributed by atoms with Gasteiger partial charge < -0.3 is 14.2 Å². The lowest BCUT2D eigenvalue weighted by atomic mass is 10.1. The van der Waals surface area contributed by atoms with Crippen molar-refractivity contribution in [2.45, 2.75) is 290 Å². The summed E-state index contributed by atoms with van der Waals surface area (Å²) in [5, 5.41) is 0. The molecule has 0 heterocycles. The van der Waals surface area contributed by atoms with Crippen LogP contribution in [0.15, 0.2) is 48.6 Å². The van der Waals surface area contributed by atoms with Gasteiger partial charge in [-0.25, -0.2) is 0 Å². The molecular weight excluding hydrogens is 793 g/mol. The lowest BCUT2D eigenvalue weighted by Gasteiger charge is -2.18. The van der Waals surface area contributed by atoms with Gasteiger partial charge in [-0.05, 0) is 96.3 Å². The van der Waals surface area contributed by atoms with Gasteiger partial charge in [-0.3, -0.25) is 14.4 Å². The maximum atomic E-state index is 12.8. The average molecular weight is 897 g/mol. The second-order valence-corrected chi connectivity index (χ2v) is 18.5. The Morgan fingerprint density at radius 3 is 0.969 bits per heavy atom. The minimum absolute atomic E-state index is 0.0822. The number of carbonyl (C=O) groups excluding carboxylic acids is 3. The minimum Gasteiger partial charge on any atom is -0.462 e. The molecule has 0 amide bonds. The lowest BCUT2D eigenvalue weighted by Crippen LogP contribution is -2.30. The van der Waals surface area contributed by atoms with Gasteiger partial charge >= 0.3 is 17.9 Å². The van der Waals surface area contributed by atoms with Gasteiger partial charge in [0.25, 0.3) is 0 Å². The maximum Gasteiger partial charge on any atom is 0.306 e. The van der Waals surface area contributed by atoms with E-state index in [1.54, 1.807) is 0 Å². The van der Waals surface area contributed by atoms with Crippen LogP contribution in [0.2, 0.25) is 0 Å². The molecule has 0 fully saturated rings. The Morgan fingerprint density at radius 2 is 0.609 bits per heavy atom. The van der Waals surface area contributed by atoms with E-state index in [-0.39, 0.29) is 31.1 Å². The zero-order valence-corrected chi connectivity index (χ0v) is 42.6. The van der Waals surface area contributed by atoms with Crippen molar-refractivity contribution >= 4 is 17.9 Å². The van der Waals surface area contributed by atoms with Gasteiger partial charge in [-0.15, -0.1) is 0 Å². The molecule has 0 N–H and O–H groups in total. The first kappa shape index (κ1) is 61.4. The van der Waals surface area contributed by atoms with Crippen molar-refractivity contribution in [3.8, 4) is 0 Å². The van der Waals surface area contributed by atoms with Crippen molar-refractivity contribution in [1.82, 2.24) is 0 Å². The molecule has 372 valence electrons. The summed E-state index contributed by atoms with van der Waals surface area (Å²) in [6.07, 6.45) is 63.9. The van der Waals surface area contributed by atoms with Gasteiger partial charge in [0.1, 0.15) is 13.2 Å². The zero-order chi connectivity index (χ0) is 46.5. The molecular formula is C58H104O6. The fourth-order valence-corrected chi connectivity index (χ4v) is 7.88. The van der Waals surface area contributed by atoms with Crippen LogP contribution in [0.25, 0.3) is 0 Å². The van der Waals surface area contributed by atoms with Crippen LogP contribution in [0.3, 0.4) is 0 Å². The van der Waals surface area contributed by atoms with Crippen molar-refractivity contribution in [3.05, 3.63) is 48.6 Å². The Labute approximate surface area is 397 Å². The molecule has 1 atom stereocenters. The van der Waals surface area contributed by atoms with E-state index in [4.69, 9.17) is 14.2 Å². The van der Waals surface area contributed by atoms with E-state index in [0.717, 1.165) is 89.9 Å². The first-order valence-electron chi connectivity index (χ1n) is 27.6. The maximum absolute atomic E-state index is 12.8. The highest BCUT2D eigenvalue weighted by molar-refractivity contribution is 5.71. The topological polar surface area (TPSA) is 78.9 Å². The van der Waals surface area contributed by atoms with Gasteiger partial charge in [-0.1, -0.05) is 217 Å². The molecule has 64 heavy (non-hydrogen) atoms. The first-order chi connectivity index (χ1) is 31.5. The summed E-state index contributed by atoms with van der Waals surface area (Å²) < 4.78 is 16.8. The average Bonchev–Trinajstić information content (AvgIpc) is 3.29. The molecule has 0 aromatic heterocycles. The standard InChI is InChI=1S/C58H104O6/c1-4-7-10-13-16-19-22-25-27-28-29-30-31-34-36-39-42-45-48-51-57(60)63-54-55(53-62-56(59)50-47-44-41-38-35-32-24-21-18-15-12-9-6-3)64-58(61)52-49-46-43-40-37-33-26-23-20-17-14-11-8-5-2/h8,11,17,20,28-29,32,35,55H,4-7,9-10,12-16,18-19,21-27,30-31,33-34,36-54H2,1-3H3/b11-8-,20-17-,29-28-,35-32-. The molecule has 0 aliphatic heterocycles. The molecule has 0 aromatic carbocycles. The van der Waals surface area contributed by atoms with Crippen molar-refractivity contribution in [1.29, 1.82) is 0 Å². The number of esters is 3. The highest BCUT2D eigenvalue weighted by atomic mass is 16.6. The summed E-state index contributed by atoms with van der Waals surface area (Å²) in [6, 6.07) is 0. The summed E-state index contributed by atoms with van der Waals surface area (Å²) in [5.74, 6) is -0.902. The van der Waals surface area contributed by atoms with E-state index >= 15 is 0 Å². The van der Waals surface area contributed by atoms with E-state index in [2.05, 4.69) is 69.4 Å². The van der Waals surface area contributed by atoms with Crippen LogP contribution in [0.4, 0.5) is 0 Å².